The number of esters is 3. The van der Waals surface area contributed by atoms with Crippen LogP contribution >= 0.6 is 0 Å². The summed E-state index contributed by atoms with van der Waals surface area (Å²) in [6.45, 7) is 6.52. The predicted octanol–water partition coefficient (Wildman–Crippen LogP) is 19.6. The molecule has 0 aliphatic carbocycles. The summed E-state index contributed by atoms with van der Waals surface area (Å²) in [5.74, 6) is -0.920. The van der Waals surface area contributed by atoms with Crippen LogP contribution in [0.15, 0.2) is 60.8 Å². The number of unbranched alkanes of at least 4 members (excludes halogenated alkanes) is 32. The zero-order valence-electron chi connectivity index (χ0n) is 45.1. The first kappa shape index (κ1) is 65.1. The SMILES string of the molecule is CC/C=C\C/C=C\C/C=C\C/C=C\CCCCC(=O)OC(COC(=O)CCCCCCCCCCC/C=C\CCCCCCCCCC)COC(=O)CCCCCCCCCCCCCCCC. The molecule has 0 bridgehead atoms. The molecule has 0 radical (unpaired) electrons. The summed E-state index contributed by atoms with van der Waals surface area (Å²) in [6, 6.07) is 0. The molecular weight excluding hydrogens is 841 g/mol. The van der Waals surface area contributed by atoms with Crippen molar-refractivity contribution in [3.8, 4) is 0 Å². The number of allylic oxidation sites excluding steroid dienone is 10. The van der Waals surface area contributed by atoms with Crippen molar-refractivity contribution >= 4 is 17.9 Å². The highest BCUT2D eigenvalue weighted by Gasteiger charge is 2.19. The van der Waals surface area contributed by atoms with E-state index < -0.39 is 6.10 Å². The van der Waals surface area contributed by atoms with Crippen molar-refractivity contribution in [1.29, 1.82) is 0 Å². The van der Waals surface area contributed by atoms with E-state index in [1.807, 2.05) is 0 Å². The third kappa shape index (κ3) is 54.1. The Bertz CT molecular complexity index is 1230. The molecule has 0 saturated carbocycles. The Balaban J connectivity index is 4.36. The van der Waals surface area contributed by atoms with Gasteiger partial charge in [-0.2, -0.15) is 0 Å². The van der Waals surface area contributed by atoms with Gasteiger partial charge in [0.25, 0.3) is 0 Å². The van der Waals surface area contributed by atoms with Crippen molar-refractivity contribution in [2.45, 2.75) is 303 Å². The van der Waals surface area contributed by atoms with Crippen molar-refractivity contribution in [2.24, 2.45) is 0 Å². The predicted molar refractivity (Wildman–Crippen MR) is 293 cm³/mol. The molecule has 1 atom stereocenters. The minimum absolute atomic E-state index is 0.0888. The molecule has 0 rings (SSSR count). The summed E-state index contributed by atoms with van der Waals surface area (Å²) in [4.78, 5) is 38.1. The second-order valence-electron chi connectivity index (χ2n) is 19.5. The van der Waals surface area contributed by atoms with Crippen LogP contribution in [0, 0.1) is 0 Å². The van der Waals surface area contributed by atoms with Crippen LogP contribution in [0.3, 0.4) is 0 Å². The molecule has 1 unspecified atom stereocenters. The van der Waals surface area contributed by atoms with Crippen molar-refractivity contribution in [3.05, 3.63) is 60.8 Å². The topological polar surface area (TPSA) is 78.9 Å². The molecule has 0 aromatic carbocycles. The third-order valence-electron chi connectivity index (χ3n) is 12.8. The lowest BCUT2D eigenvalue weighted by Crippen LogP contribution is -2.30. The number of rotatable bonds is 53. The van der Waals surface area contributed by atoms with Gasteiger partial charge in [0.2, 0.25) is 0 Å². The van der Waals surface area contributed by atoms with Gasteiger partial charge in [-0.25, -0.2) is 0 Å². The van der Waals surface area contributed by atoms with E-state index in [1.165, 1.54) is 173 Å². The van der Waals surface area contributed by atoms with Gasteiger partial charge in [0.05, 0.1) is 0 Å². The van der Waals surface area contributed by atoms with Crippen LogP contribution in [0.4, 0.5) is 0 Å². The lowest BCUT2D eigenvalue weighted by molar-refractivity contribution is -0.167. The maximum atomic E-state index is 12.8. The van der Waals surface area contributed by atoms with Gasteiger partial charge in [0.15, 0.2) is 6.10 Å². The van der Waals surface area contributed by atoms with E-state index in [0.29, 0.717) is 19.3 Å². The van der Waals surface area contributed by atoms with Crippen LogP contribution in [0.1, 0.15) is 297 Å². The molecule has 394 valence electrons. The van der Waals surface area contributed by atoms with E-state index in [9.17, 15) is 14.4 Å². The molecule has 0 amide bonds. The first-order chi connectivity index (χ1) is 33.5. The number of hydrogen-bond acceptors (Lipinski definition) is 6. The zero-order chi connectivity index (χ0) is 49.3. The summed E-state index contributed by atoms with van der Waals surface area (Å²) in [5, 5.41) is 0. The molecule has 68 heavy (non-hydrogen) atoms. The monoisotopic (exact) mass is 951 g/mol. The normalized spacial score (nSPS) is 12.5. The van der Waals surface area contributed by atoms with Gasteiger partial charge in [0, 0.05) is 19.3 Å². The molecule has 0 fully saturated rings. The number of hydrogen-bond donors (Lipinski definition) is 0. The Hall–Kier alpha value is -2.89. The number of ether oxygens (including phenoxy) is 3. The van der Waals surface area contributed by atoms with E-state index in [1.54, 1.807) is 0 Å². The number of carbonyl (C=O) groups excluding carboxylic acids is 3. The van der Waals surface area contributed by atoms with Gasteiger partial charge < -0.3 is 14.2 Å². The Kier molecular flexibility index (Phi) is 54.3. The van der Waals surface area contributed by atoms with Gasteiger partial charge in [0.1, 0.15) is 13.2 Å². The van der Waals surface area contributed by atoms with Crippen molar-refractivity contribution < 1.29 is 28.6 Å². The molecule has 0 aliphatic rings. The fourth-order valence-corrected chi connectivity index (χ4v) is 8.37. The van der Waals surface area contributed by atoms with Crippen molar-refractivity contribution in [3.63, 3.8) is 0 Å². The first-order valence-corrected chi connectivity index (χ1v) is 29.3. The highest BCUT2D eigenvalue weighted by Crippen LogP contribution is 2.16. The molecular formula is C62H110O6. The zero-order valence-corrected chi connectivity index (χ0v) is 45.1. The van der Waals surface area contributed by atoms with Gasteiger partial charge in [-0.1, -0.05) is 255 Å². The van der Waals surface area contributed by atoms with E-state index in [-0.39, 0.29) is 37.5 Å². The van der Waals surface area contributed by atoms with E-state index in [2.05, 4.69) is 81.5 Å². The van der Waals surface area contributed by atoms with E-state index in [0.717, 1.165) is 77.0 Å². The lowest BCUT2D eigenvalue weighted by atomic mass is 10.0. The van der Waals surface area contributed by atoms with Crippen LogP contribution in [0.25, 0.3) is 0 Å². The molecule has 0 aliphatic heterocycles. The molecule has 6 heteroatoms. The van der Waals surface area contributed by atoms with Gasteiger partial charge in [-0.15, -0.1) is 0 Å². The summed E-state index contributed by atoms with van der Waals surface area (Å²) in [5.41, 5.74) is 0. The Morgan fingerprint density at radius 3 is 0.941 bits per heavy atom. The molecule has 6 nitrogen and oxygen atoms in total. The minimum atomic E-state index is -0.795. The molecule has 0 saturated heterocycles. The summed E-state index contributed by atoms with van der Waals surface area (Å²) in [6.07, 6.45) is 70.8. The van der Waals surface area contributed by atoms with E-state index >= 15 is 0 Å². The average molecular weight is 952 g/mol. The summed E-state index contributed by atoms with van der Waals surface area (Å²) < 4.78 is 16.8. The third-order valence-corrected chi connectivity index (χ3v) is 12.8. The van der Waals surface area contributed by atoms with Crippen molar-refractivity contribution in [1.82, 2.24) is 0 Å². The second kappa shape index (κ2) is 56.7. The van der Waals surface area contributed by atoms with Crippen LogP contribution in [-0.4, -0.2) is 37.2 Å². The highest BCUT2D eigenvalue weighted by atomic mass is 16.6. The highest BCUT2D eigenvalue weighted by molar-refractivity contribution is 5.71. The standard InChI is InChI=1S/C62H110O6/c1-4-7-10-13-16-19-22-25-28-29-30-31-32-33-35-37-40-43-46-49-52-55-61(64)67-58-59(57-66-60(63)54-51-48-45-42-39-36-27-24-21-18-15-12-9-6-3)68-62(65)56-53-50-47-44-41-38-34-26-23-20-17-14-11-8-5-2/h8,11,17,20,26,29-30,34,41,44,59H,4-7,9-10,12-16,18-19,21-25,27-28,31-33,35-40,42-43,45-58H2,1-3H3/b11-8-,20-17-,30-29-,34-26-,44-41-. The first-order valence-electron chi connectivity index (χ1n) is 29.3. The Morgan fingerprint density at radius 2 is 0.574 bits per heavy atom. The van der Waals surface area contributed by atoms with Gasteiger partial charge >= 0.3 is 17.9 Å². The van der Waals surface area contributed by atoms with E-state index in [4.69, 9.17) is 14.2 Å². The Labute approximate surface area is 421 Å². The lowest BCUT2D eigenvalue weighted by Gasteiger charge is -2.18. The molecule has 0 aromatic rings. The molecule has 0 aromatic heterocycles. The molecule has 0 heterocycles. The minimum Gasteiger partial charge on any atom is -0.462 e. The maximum absolute atomic E-state index is 12.8. The van der Waals surface area contributed by atoms with Crippen LogP contribution in [0.2, 0.25) is 0 Å². The smallest absolute Gasteiger partial charge is 0.306 e. The van der Waals surface area contributed by atoms with Crippen LogP contribution in [-0.2, 0) is 28.6 Å². The van der Waals surface area contributed by atoms with Crippen molar-refractivity contribution in [2.75, 3.05) is 13.2 Å². The fraction of sp³-hybridized carbons (Fsp3) is 0.790. The second-order valence-corrected chi connectivity index (χ2v) is 19.5. The number of carbonyl (C=O) groups is 3. The Morgan fingerprint density at radius 1 is 0.309 bits per heavy atom. The van der Waals surface area contributed by atoms with Gasteiger partial charge in [-0.3, -0.25) is 14.4 Å². The van der Waals surface area contributed by atoms with Crippen LogP contribution < -0.4 is 0 Å². The summed E-state index contributed by atoms with van der Waals surface area (Å²) in [7, 11) is 0. The molecule has 0 N–H and O–H groups in total. The van der Waals surface area contributed by atoms with Crippen LogP contribution in [0.5, 0.6) is 0 Å². The van der Waals surface area contributed by atoms with Gasteiger partial charge in [-0.05, 0) is 83.5 Å². The quantitative estimate of drug-likeness (QED) is 0.0262. The summed E-state index contributed by atoms with van der Waals surface area (Å²) >= 11 is 0. The average Bonchev–Trinajstić information content (AvgIpc) is 3.34. The largest absolute Gasteiger partial charge is 0.462 e. The maximum Gasteiger partial charge on any atom is 0.306 e. The molecule has 0 spiro atoms. The fourth-order valence-electron chi connectivity index (χ4n) is 8.37.